The minimum atomic E-state index is 0.878. The fourth-order valence-corrected chi connectivity index (χ4v) is 9.22. The molecule has 0 fully saturated rings. The first-order chi connectivity index (χ1) is 26.2. The normalized spacial score (nSPS) is 11.8. The van der Waals surface area contributed by atoms with E-state index in [9.17, 15) is 0 Å². The molecule has 11 aromatic rings. The topological polar surface area (TPSA) is 16.4 Å². The van der Waals surface area contributed by atoms with Gasteiger partial charge in [-0.2, -0.15) is 0 Å². The van der Waals surface area contributed by atoms with Crippen molar-refractivity contribution in [2.24, 2.45) is 0 Å². The van der Waals surface area contributed by atoms with Gasteiger partial charge in [0, 0.05) is 54.1 Å². The van der Waals surface area contributed by atoms with E-state index in [4.69, 9.17) is 4.42 Å². The SMILES string of the molecule is c1ccc(-c2ccc(N(c3ccc4c(c3)oc3ccccc34)c3ccc4sc5cccc(-c6ccc7c(ccc8ccccc87)c6)c5c4c3)cc2)cc1. The van der Waals surface area contributed by atoms with Gasteiger partial charge in [0.25, 0.3) is 0 Å². The van der Waals surface area contributed by atoms with Crippen LogP contribution in [0, 0.1) is 0 Å². The molecule has 3 heteroatoms. The smallest absolute Gasteiger partial charge is 0.137 e. The Morgan fingerprint density at radius 3 is 1.92 bits per heavy atom. The van der Waals surface area contributed by atoms with Crippen LogP contribution in [0.2, 0.25) is 0 Å². The highest BCUT2D eigenvalue weighted by atomic mass is 32.1. The van der Waals surface area contributed by atoms with Crippen LogP contribution in [0.4, 0.5) is 17.1 Å². The van der Waals surface area contributed by atoms with E-state index in [0.29, 0.717) is 0 Å². The molecule has 0 aliphatic rings. The van der Waals surface area contributed by atoms with Crippen LogP contribution < -0.4 is 4.90 Å². The zero-order valence-electron chi connectivity index (χ0n) is 28.7. The molecule has 0 atom stereocenters. The average Bonchev–Trinajstić information content (AvgIpc) is 3.79. The van der Waals surface area contributed by atoms with Crippen molar-refractivity contribution < 1.29 is 4.42 Å². The number of para-hydroxylation sites is 1. The van der Waals surface area contributed by atoms with Crippen LogP contribution in [0.3, 0.4) is 0 Å². The maximum atomic E-state index is 6.40. The number of thiophene rings is 1. The van der Waals surface area contributed by atoms with Crippen LogP contribution >= 0.6 is 11.3 Å². The van der Waals surface area contributed by atoms with Gasteiger partial charge in [0.1, 0.15) is 11.2 Å². The van der Waals surface area contributed by atoms with E-state index in [2.05, 4.69) is 181 Å². The highest BCUT2D eigenvalue weighted by molar-refractivity contribution is 7.26. The maximum absolute atomic E-state index is 6.40. The highest BCUT2D eigenvalue weighted by Crippen LogP contribution is 2.45. The van der Waals surface area contributed by atoms with Crippen molar-refractivity contribution in [1.82, 2.24) is 0 Å². The van der Waals surface area contributed by atoms with Gasteiger partial charge < -0.3 is 9.32 Å². The molecule has 0 aliphatic heterocycles. The summed E-state index contributed by atoms with van der Waals surface area (Å²) in [6, 6.07) is 68.0. The van der Waals surface area contributed by atoms with Crippen molar-refractivity contribution >= 4 is 92.1 Å². The molecule has 0 bridgehead atoms. The fourth-order valence-electron chi connectivity index (χ4n) is 8.11. The van der Waals surface area contributed by atoms with Gasteiger partial charge in [-0.05, 0) is 104 Å². The molecule has 9 aromatic carbocycles. The van der Waals surface area contributed by atoms with E-state index >= 15 is 0 Å². The number of hydrogen-bond acceptors (Lipinski definition) is 3. The van der Waals surface area contributed by atoms with Crippen molar-refractivity contribution in [3.63, 3.8) is 0 Å². The first-order valence-corrected chi connectivity index (χ1v) is 18.8. The summed E-state index contributed by atoms with van der Waals surface area (Å²) in [5.74, 6) is 0. The molecule has 0 unspecified atom stereocenters. The van der Waals surface area contributed by atoms with Crippen LogP contribution in [-0.4, -0.2) is 0 Å². The average molecular weight is 694 g/mol. The number of anilines is 3. The van der Waals surface area contributed by atoms with Crippen molar-refractivity contribution in [2.75, 3.05) is 4.90 Å². The van der Waals surface area contributed by atoms with Crippen LogP contribution in [0.15, 0.2) is 192 Å². The predicted molar refractivity (Wildman–Crippen MR) is 227 cm³/mol. The maximum Gasteiger partial charge on any atom is 0.137 e. The lowest BCUT2D eigenvalue weighted by Crippen LogP contribution is -2.09. The first-order valence-electron chi connectivity index (χ1n) is 18.0. The van der Waals surface area contributed by atoms with Gasteiger partial charge in [-0.15, -0.1) is 11.3 Å². The Morgan fingerprint density at radius 1 is 0.358 bits per heavy atom. The molecule has 0 N–H and O–H groups in total. The lowest BCUT2D eigenvalue weighted by atomic mass is 9.95. The summed E-state index contributed by atoms with van der Waals surface area (Å²) >= 11 is 1.86. The van der Waals surface area contributed by atoms with Crippen molar-refractivity contribution in [1.29, 1.82) is 0 Å². The van der Waals surface area contributed by atoms with Crippen LogP contribution in [-0.2, 0) is 0 Å². The molecule has 2 aromatic heterocycles. The van der Waals surface area contributed by atoms with Gasteiger partial charge in [-0.3, -0.25) is 0 Å². The number of nitrogens with zero attached hydrogens (tertiary/aromatic N) is 1. The minimum absolute atomic E-state index is 0.878. The number of furan rings is 1. The molecule has 0 saturated heterocycles. The fraction of sp³-hybridized carbons (Fsp3) is 0. The lowest BCUT2D eigenvalue weighted by molar-refractivity contribution is 0.669. The van der Waals surface area contributed by atoms with Crippen molar-refractivity contribution in [2.45, 2.75) is 0 Å². The van der Waals surface area contributed by atoms with E-state index in [1.807, 2.05) is 23.5 Å². The van der Waals surface area contributed by atoms with Gasteiger partial charge in [0.2, 0.25) is 0 Å². The second kappa shape index (κ2) is 11.9. The quantitative estimate of drug-likeness (QED) is 0.167. The van der Waals surface area contributed by atoms with Crippen molar-refractivity contribution in [3.05, 3.63) is 188 Å². The molecule has 0 radical (unpaired) electrons. The predicted octanol–water partition coefficient (Wildman–Crippen LogP) is 15.1. The molecule has 2 heterocycles. The van der Waals surface area contributed by atoms with Gasteiger partial charge in [-0.25, -0.2) is 0 Å². The molecular formula is C50H31NOS. The number of hydrogen-bond donors (Lipinski definition) is 0. The van der Waals surface area contributed by atoms with Gasteiger partial charge >= 0.3 is 0 Å². The van der Waals surface area contributed by atoms with E-state index in [1.165, 1.54) is 64.0 Å². The number of benzene rings is 9. The summed E-state index contributed by atoms with van der Waals surface area (Å²) < 4.78 is 8.96. The Hall–Kier alpha value is -6.68. The lowest BCUT2D eigenvalue weighted by Gasteiger charge is -2.26. The highest BCUT2D eigenvalue weighted by Gasteiger charge is 2.19. The molecule has 0 spiro atoms. The summed E-state index contributed by atoms with van der Waals surface area (Å²) in [4.78, 5) is 2.36. The van der Waals surface area contributed by atoms with Crippen LogP contribution in [0.25, 0.3) is 85.9 Å². The summed E-state index contributed by atoms with van der Waals surface area (Å²) in [7, 11) is 0. The minimum Gasteiger partial charge on any atom is -0.456 e. The summed E-state index contributed by atoms with van der Waals surface area (Å²) in [6.45, 7) is 0. The molecule has 11 rings (SSSR count). The van der Waals surface area contributed by atoms with Crippen LogP contribution in [0.1, 0.15) is 0 Å². The van der Waals surface area contributed by atoms with E-state index in [0.717, 1.165) is 39.0 Å². The van der Waals surface area contributed by atoms with Gasteiger partial charge in [0.05, 0.1) is 0 Å². The van der Waals surface area contributed by atoms with Crippen LogP contribution in [0.5, 0.6) is 0 Å². The number of fused-ring (bicyclic) bond motifs is 9. The standard InChI is InChI=1S/C50H31NOS/c1-2-9-32(10-3-1)33-19-22-37(23-20-33)51(39-24-27-44-43-13-6-7-15-46(43)52-47(44)31-39)38-25-28-48-45(30-38)50-42(14-8-16-49(50)53-48)36-21-26-41-35(29-36)18-17-34-11-4-5-12-40(34)41/h1-31H. The third-order valence-corrected chi connectivity index (χ3v) is 11.8. The molecule has 0 aliphatic carbocycles. The monoisotopic (exact) mass is 693 g/mol. The third kappa shape index (κ3) is 4.93. The first kappa shape index (κ1) is 30.0. The Balaban J connectivity index is 1.09. The van der Waals surface area contributed by atoms with E-state index in [1.54, 1.807) is 0 Å². The second-order valence-corrected chi connectivity index (χ2v) is 14.8. The molecule has 53 heavy (non-hydrogen) atoms. The second-order valence-electron chi connectivity index (χ2n) is 13.7. The summed E-state index contributed by atoms with van der Waals surface area (Å²) in [5, 5.41) is 9.90. The molecule has 0 saturated carbocycles. The Bertz CT molecular complexity index is 3170. The Labute approximate surface area is 310 Å². The number of rotatable bonds is 5. The third-order valence-electron chi connectivity index (χ3n) is 10.6. The Morgan fingerprint density at radius 2 is 1.02 bits per heavy atom. The Kier molecular flexibility index (Phi) is 6.76. The molecule has 2 nitrogen and oxygen atoms in total. The zero-order valence-corrected chi connectivity index (χ0v) is 29.5. The zero-order chi connectivity index (χ0) is 34.9. The largest absolute Gasteiger partial charge is 0.456 e. The molecule has 0 amide bonds. The van der Waals surface area contributed by atoms with E-state index < -0.39 is 0 Å². The summed E-state index contributed by atoms with van der Waals surface area (Å²) in [5.41, 5.74) is 9.88. The van der Waals surface area contributed by atoms with E-state index in [-0.39, 0.29) is 0 Å². The van der Waals surface area contributed by atoms with Gasteiger partial charge in [-0.1, -0.05) is 121 Å². The summed E-state index contributed by atoms with van der Waals surface area (Å²) in [6.07, 6.45) is 0. The molecule has 248 valence electrons. The van der Waals surface area contributed by atoms with Crippen molar-refractivity contribution in [3.8, 4) is 22.3 Å². The van der Waals surface area contributed by atoms with Gasteiger partial charge in [0.15, 0.2) is 0 Å². The molecular weight excluding hydrogens is 663 g/mol.